The largest absolute Gasteiger partial charge is 0.378 e. The van der Waals surface area contributed by atoms with Crippen molar-refractivity contribution in [2.75, 3.05) is 41.8 Å². The molecule has 0 aliphatic carbocycles. The lowest BCUT2D eigenvalue weighted by molar-refractivity contribution is 0.122. The van der Waals surface area contributed by atoms with Gasteiger partial charge >= 0.3 is 6.03 Å². The van der Waals surface area contributed by atoms with Gasteiger partial charge in [-0.05, 0) is 41.8 Å². The lowest BCUT2D eigenvalue weighted by atomic mass is 10.1. The Bertz CT molecular complexity index is 893. The monoisotopic (exact) mass is 381 g/mol. The van der Waals surface area contributed by atoms with Crippen LogP contribution in [0.3, 0.4) is 0 Å². The number of amides is 2. The van der Waals surface area contributed by atoms with Crippen LogP contribution in [0.4, 0.5) is 21.3 Å². The molecule has 1 aliphatic heterocycles. The van der Waals surface area contributed by atoms with Gasteiger partial charge in [0.15, 0.2) is 5.82 Å². The number of nitrogens with one attached hydrogen (secondary N) is 2. The molecule has 0 bridgehead atoms. The first-order valence-corrected chi connectivity index (χ1v) is 9.54. The van der Waals surface area contributed by atoms with Crippen LogP contribution >= 0.6 is 11.3 Å². The minimum absolute atomic E-state index is 0.275. The van der Waals surface area contributed by atoms with Crippen LogP contribution in [0.1, 0.15) is 0 Å². The highest BCUT2D eigenvalue weighted by atomic mass is 32.1. The fourth-order valence-corrected chi connectivity index (χ4v) is 3.43. The Morgan fingerprint density at radius 2 is 1.93 bits per heavy atom. The summed E-state index contributed by atoms with van der Waals surface area (Å²) in [6, 6.07) is 14.9. The quantitative estimate of drug-likeness (QED) is 0.721. The Balaban J connectivity index is 1.44. The maximum absolute atomic E-state index is 12.1. The molecule has 0 spiro atoms. The highest BCUT2D eigenvalue weighted by molar-refractivity contribution is 7.14. The molecule has 8 heteroatoms. The second kappa shape index (κ2) is 8.15. The first-order chi connectivity index (χ1) is 13.3. The number of ether oxygens (including phenoxy) is 1. The predicted molar refractivity (Wildman–Crippen MR) is 107 cm³/mol. The molecule has 1 aliphatic rings. The maximum Gasteiger partial charge on any atom is 0.324 e. The number of morpholine rings is 1. The maximum atomic E-state index is 12.1. The fraction of sp³-hybridized carbons (Fsp3) is 0.211. The second-order valence-electron chi connectivity index (χ2n) is 6.01. The van der Waals surface area contributed by atoms with Crippen LogP contribution in [-0.4, -0.2) is 42.5 Å². The number of carbonyl (C=O) groups is 1. The molecule has 27 heavy (non-hydrogen) atoms. The number of nitrogens with zero attached hydrogens (tertiary/aromatic N) is 3. The number of benzene rings is 1. The van der Waals surface area contributed by atoms with Gasteiger partial charge in [-0.15, -0.1) is 21.5 Å². The molecule has 0 atom stereocenters. The second-order valence-corrected chi connectivity index (χ2v) is 6.96. The average Bonchev–Trinajstić information content (AvgIpc) is 3.22. The van der Waals surface area contributed by atoms with Gasteiger partial charge in [-0.1, -0.05) is 12.1 Å². The third-order valence-electron chi connectivity index (χ3n) is 4.16. The van der Waals surface area contributed by atoms with Gasteiger partial charge in [-0.25, -0.2) is 4.79 Å². The summed E-state index contributed by atoms with van der Waals surface area (Å²) in [5, 5.41) is 17.0. The third-order valence-corrected chi connectivity index (χ3v) is 4.94. The van der Waals surface area contributed by atoms with E-state index in [0.29, 0.717) is 18.9 Å². The molecule has 138 valence electrons. The van der Waals surface area contributed by atoms with E-state index >= 15 is 0 Å². The van der Waals surface area contributed by atoms with E-state index in [0.717, 1.165) is 35.2 Å². The summed E-state index contributed by atoms with van der Waals surface area (Å²) in [5.74, 6) is 0.853. The Hall–Kier alpha value is -2.97. The van der Waals surface area contributed by atoms with E-state index in [9.17, 15) is 4.79 Å². The van der Waals surface area contributed by atoms with Crippen LogP contribution in [0.2, 0.25) is 0 Å². The van der Waals surface area contributed by atoms with Gasteiger partial charge in [0.05, 0.1) is 23.9 Å². The summed E-state index contributed by atoms with van der Waals surface area (Å²) in [4.78, 5) is 14.2. The molecule has 0 unspecified atom stereocenters. The van der Waals surface area contributed by atoms with E-state index in [1.807, 2.05) is 53.9 Å². The molecule has 3 heterocycles. The molecule has 2 amide bonds. The number of hydrogen-bond donors (Lipinski definition) is 2. The van der Waals surface area contributed by atoms with Gasteiger partial charge in [0.1, 0.15) is 0 Å². The molecule has 1 fully saturated rings. The minimum atomic E-state index is -0.275. The van der Waals surface area contributed by atoms with Crippen molar-refractivity contribution in [3.63, 3.8) is 0 Å². The molecule has 3 aromatic rings. The normalized spacial score (nSPS) is 14.0. The van der Waals surface area contributed by atoms with Crippen molar-refractivity contribution in [2.24, 2.45) is 0 Å². The number of urea groups is 1. The number of aromatic nitrogens is 2. The van der Waals surface area contributed by atoms with Gasteiger partial charge < -0.3 is 15.0 Å². The molecule has 0 radical (unpaired) electrons. The first-order valence-electron chi connectivity index (χ1n) is 8.66. The Morgan fingerprint density at radius 1 is 1.04 bits per heavy atom. The molecular weight excluding hydrogens is 362 g/mol. The summed E-state index contributed by atoms with van der Waals surface area (Å²) in [7, 11) is 0. The Labute approximate surface area is 161 Å². The van der Waals surface area contributed by atoms with E-state index in [1.165, 1.54) is 11.3 Å². The van der Waals surface area contributed by atoms with Crippen molar-refractivity contribution >= 4 is 33.9 Å². The van der Waals surface area contributed by atoms with Crippen molar-refractivity contribution in [1.29, 1.82) is 0 Å². The van der Waals surface area contributed by atoms with Crippen molar-refractivity contribution in [2.45, 2.75) is 0 Å². The molecular formula is C19H19N5O2S. The highest BCUT2D eigenvalue weighted by Crippen LogP contribution is 2.23. The van der Waals surface area contributed by atoms with E-state index in [-0.39, 0.29) is 6.03 Å². The first kappa shape index (κ1) is 17.4. The van der Waals surface area contributed by atoms with Gasteiger partial charge in [-0.2, -0.15) is 0 Å². The topological polar surface area (TPSA) is 79.4 Å². The van der Waals surface area contributed by atoms with Crippen LogP contribution in [-0.2, 0) is 4.74 Å². The molecule has 1 aromatic carbocycles. The summed E-state index contributed by atoms with van der Waals surface area (Å²) >= 11 is 1.47. The van der Waals surface area contributed by atoms with Crippen molar-refractivity contribution in [1.82, 2.24) is 10.2 Å². The van der Waals surface area contributed by atoms with Gasteiger partial charge in [0.25, 0.3) is 0 Å². The summed E-state index contributed by atoms with van der Waals surface area (Å²) in [5.41, 5.74) is 2.35. The third kappa shape index (κ3) is 4.42. The summed E-state index contributed by atoms with van der Waals surface area (Å²) in [6.07, 6.45) is 0. The van der Waals surface area contributed by atoms with E-state index in [2.05, 4.69) is 25.7 Å². The van der Waals surface area contributed by atoms with Gasteiger partial charge in [0.2, 0.25) is 0 Å². The number of carbonyl (C=O) groups excluding carboxylic acids is 1. The highest BCUT2D eigenvalue weighted by Gasteiger charge is 2.13. The number of hydrogen-bond acceptors (Lipinski definition) is 6. The van der Waals surface area contributed by atoms with Crippen molar-refractivity contribution < 1.29 is 9.53 Å². The van der Waals surface area contributed by atoms with Crippen LogP contribution in [0.15, 0.2) is 53.9 Å². The smallest absolute Gasteiger partial charge is 0.324 e. The zero-order valence-corrected chi connectivity index (χ0v) is 15.4. The zero-order chi connectivity index (χ0) is 18.5. The molecule has 2 N–H and O–H groups in total. The Morgan fingerprint density at radius 3 is 2.67 bits per heavy atom. The van der Waals surface area contributed by atoms with Crippen LogP contribution in [0, 0.1) is 0 Å². The van der Waals surface area contributed by atoms with E-state index in [1.54, 1.807) is 0 Å². The minimum Gasteiger partial charge on any atom is -0.378 e. The van der Waals surface area contributed by atoms with Crippen LogP contribution in [0.25, 0.3) is 11.3 Å². The van der Waals surface area contributed by atoms with Crippen LogP contribution < -0.4 is 15.5 Å². The summed E-state index contributed by atoms with van der Waals surface area (Å²) < 4.78 is 5.36. The lowest BCUT2D eigenvalue weighted by Crippen LogP contribution is -2.36. The number of thiophene rings is 1. The average molecular weight is 381 g/mol. The molecule has 4 rings (SSSR count). The number of anilines is 3. The molecule has 7 nitrogen and oxygen atoms in total. The summed E-state index contributed by atoms with van der Waals surface area (Å²) in [6.45, 7) is 3.08. The number of rotatable bonds is 4. The van der Waals surface area contributed by atoms with Gasteiger partial charge in [-0.3, -0.25) is 5.32 Å². The van der Waals surface area contributed by atoms with Crippen LogP contribution in [0.5, 0.6) is 0 Å². The Kier molecular flexibility index (Phi) is 5.27. The van der Waals surface area contributed by atoms with Crippen molar-refractivity contribution in [3.8, 4) is 11.3 Å². The van der Waals surface area contributed by atoms with E-state index < -0.39 is 0 Å². The van der Waals surface area contributed by atoms with Gasteiger partial charge in [0, 0.05) is 24.3 Å². The predicted octanol–water partition coefficient (Wildman–Crippen LogP) is 3.69. The van der Waals surface area contributed by atoms with Crippen molar-refractivity contribution in [3.05, 3.63) is 53.9 Å². The molecule has 0 saturated carbocycles. The fourth-order valence-electron chi connectivity index (χ4n) is 2.82. The standard InChI is InChI=1S/C19H19N5O2S/c25-19(21-18-5-2-12-27-18)20-15-4-1-3-14(13-15)16-6-7-17(23-22-16)24-8-10-26-11-9-24/h1-7,12-13H,8-11H2,(H2,20,21,25). The van der Waals surface area contributed by atoms with E-state index in [4.69, 9.17) is 4.74 Å². The molecule has 1 saturated heterocycles. The lowest BCUT2D eigenvalue weighted by Gasteiger charge is -2.27. The SMILES string of the molecule is O=C(Nc1cccc(-c2ccc(N3CCOCC3)nn2)c1)Nc1cccs1. The molecule has 2 aromatic heterocycles. The zero-order valence-electron chi connectivity index (χ0n) is 14.6.